The smallest absolute Gasteiger partial charge is 0.272 e. The van der Waals surface area contributed by atoms with Gasteiger partial charge in [-0.2, -0.15) is 0 Å². The molecule has 0 spiro atoms. The van der Waals surface area contributed by atoms with Crippen LogP contribution in [0, 0.1) is 17.0 Å². The number of amides is 1. The van der Waals surface area contributed by atoms with Crippen LogP contribution in [0.1, 0.15) is 21.5 Å². The van der Waals surface area contributed by atoms with Crippen LogP contribution < -0.4 is 5.32 Å². The van der Waals surface area contributed by atoms with Crippen LogP contribution in [0.25, 0.3) is 0 Å². The van der Waals surface area contributed by atoms with Gasteiger partial charge in [-0.25, -0.2) is 0 Å². The van der Waals surface area contributed by atoms with Crippen molar-refractivity contribution in [2.45, 2.75) is 13.5 Å². The summed E-state index contributed by atoms with van der Waals surface area (Å²) in [5.74, 6) is -0.271. The lowest BCUT2D eigenvalue weighted by Crippen LogP contribution is -2.22. The van der Waals surface area contributed by atoms with Gasteiger partial charge >= 0.3 is 0 Å². The quantitative estimate of drug-likeness (QED) is 0.682. The summed E-state index contributed by atoms with van der Waals surface area (Å²) in [7, 11) is 0. The number of nitro benzene ring substituents is 1. The largest absolute Gasteiger partial charge is 0.348 e. The van der Waals surface area contributed by atoms with Crippen LogP contribution in [0.5, 0.6) is 0 Å². The molecule has 0 saturated carbocycles. The molecule has 0 unspecified atom stereocenters. The van der Waals surface area contributed by atoms with E-state index in [2.05, 4.69) is 10.3 Å². The molecule has 1 N–H and O–H groups in total. The van der Waals surface area contributed by atoms with Crippen molar-refractivity contribution in [2.75, 3.05) is 0 Å². The van der Waals surface area contributed by atoms with Crippen LogP contribution in [0.3, 0.4) is 0 Å². The molecule has 0 aliphatic heterocycles. The summed E-state index contributed by atoms with van der Waals surface area (Å²) in [6, 6.07) is 7.95. The highest BCUT2D eigenvalue weighted by Gasteiger charge is 2.13. The molecule has 1 amide bonds. The van der Waals surface area contributed by atoms with Gasteiger partial charge in [-0.3, -0.25) is 19.9 Å². The summed E-state index contributed by atoms with van der Waals surface area (Å²) in [5, 5.41) is 13.5. The Balaban J connectivity index is 2.06. The third kappa shape index (κ3) is 3.17. The minimum atomic E-state index is -0.466. The van der Waals surface area contributed by atoms with Crippen molar-refractivity contribution in [1.29, 1.82) is 0 Å². The Morgan fingerprint density at radius 1 is 1.40 bits per heavy atom. The number of nitro groups is 1. The average Bonchev–Trinajstić information content (AvgIpc) is 2.45. The Bertz CT molecular complexity index is 641. The van der Waals surface area contributed by atoms with Crippen LogP contribution in [0.2, 0.25) is 0 Å². The molecular formula is C14H13N3O3. The zero-order valence-corrected chi connectivity index (χ0v) is 10.9. The van der Waals surface area contributed by atoms with Gasteiger partial charge in [-0.1, -0.05) is 6.07 Å². The second-order valence-electron chi connectivity index (χ2n) is 4.30. The topological polar surface area (TPSA) is 85.1 Å². The predicted octanol–water partition coefficient (Wildman–Crippen LogP) is 2.23. The molecular weight excluding hydrogens is 258 g/mol. The fourth-order valence-corrected chi connectivity index (χ4v) is 1.79. The highest BCUT2D eigenvalue weighted by atomic mass is 16.6. The van der Waals surface area contributed by atoms with E-state index in [4.69, 9.17) is 0 Å². The van der Waals surface area contributed by atoms with E-state index < -0.39 is 4.92 Å². The molecule has 1 aromatic heterocycles. The van der Waals surface area contributed by atoms with E-state index in [1.165, 1.54) is 18.2 Å². The second kappa shape index (κ2) is 5.92. The maximum atomic E-state index is 11.9. The molecule has 6 heteroatoms. The molecule has 0 saturated heterocycles. The van der Waals surface area contributed by atoms with Gasteiger partial charge in [0.25, 0.3) is 11.6 Å². The van der Waals surface area contributed by atoms with E-state index in [0.717, 1.165) is 5.56 Å². The number of nitrogens with zero attached hydrogens (tertiary/aromatic N) is 2. The minimum Gasteiger partial charge on any atom is -0.348 e. The molecule has 2 aromatic rings. The number of carbonyl (C=O) groups excluding carboxylic acids is 1. The van der Waals surface area contributed by atoms with Crippen molar-refractivity contribution in [3.8, 4) is 0 Å². The molecule has 1 aromatic carbocycles. The number of hydrogen-bond donors (Lipinski definition) is 1. The lowest BCUT2D eigenvalue weighted by atomic mass is 10.1. The summed E-state index contributed by atoms with van der Waals surface area (Å²) in [5.41, 5.74) is 1.76. The molecule has 20 heavy (non-hydrogen) atoms. The number of nitrogens with one attached hydrogen (secondary N) is 1. The zero-order chi connectivity index (χ0) is 14.5. The number of aryl methyl sites for hydroxylation is 1. The fourth-order valence-electron chi connectivity index (χ4n) is 1.79. The molecule has 0 fully saturated rings. The van der Waals surface area contributed by atoms with Crippen molar-refractivity contribution in [3.05, 3.63) is 69.5 Å². The molecule has 0 aliphatic rings. The van der Waals surface area contributed by atoms with Gasteiger partial charge in [-0.15, -0.1) is 0 Å². The third-order valence-electron chi connectivity index (χ3n) is 2.83. The molecule has 102 valence electrons. The minimum absolute atomic E-state index is 0.00816. The monoisotopic (exact) mass is 271 g/mol. The van der Waals surface area contributed by atoms with Crippen molar-refractivity contribution < 1.29 is 9.72 Å². The van der Waals surface area contributed by atoms with Gasteiger partial charge in [0.2, 0.25) is 0 Å². The van der Waals surface area contributed by atoms with Crippen molar-refractivity contribution in [1.82, 2.24) is 10.3 Å². The lowest BCUT2D eigenvalue weighted by molar-refractivity contribution is -0.385. The van der Waals surface area contributed by atoms with Crippen LogP contribution in [0.4, 0.5) is 5.69 Å². The van der Waals surface area contributed by atoms with Crippen molar-refractivity contribution >= 4 is 11.6 Å². The first-order chi connectivity index (χ1) is 9.58. The number of benzene rings is 1. The third-order valence-corrected chi connectivity index (χ3v) is 2.83. The average molecular weight is 271 g/mol. The van der Waals surface area contributed by atoms with Crippen molar-refractivity contribution in [2.24, 2.45) is 0 Å². The Morgan fingerprint density at radius 3 is 2.80 bits per heavy atom. The molecule has 2 rings (SSSR count). The summed E-state index contributed by atoms with van der Waals surface area (Å²) in [6.07, 6.45) is 3.33. The summed E-state index contributed by atoms with van der Waals surface area (Å²) in [4.78, 5) is 26.2. The van der Waals surface area contributed by atoms with Crippen LogP contribution in [0.15, 0.2) is 42.7 Å². The molecule has 0 radical (unpaired) electrons. The summed E-state index contributed by atoms with van der Waals surface area (Å²) >= 11 is 0. The van der Waals surface area contributed by atoms with E-state index in [-0.39, 0.29) is 11.6 Å². The highest BCUT2D eigenvalue weighted by molar-refractivity contribution is 5.94. The van der Waals surface area contributed by atoms with E-state index in [9.17, 15) is 14.9 Å². The number of aromatic nitrogens is 1. The first-order valence-corrected chi connectivity index (χ1v) is 6.00. The highest BCUT2D eigenvalue weighted by Crippen LogP contribution is 2.18. The Morgan fingerprint density at radius 2 is 2.20 bits per heavy atom. The first-order valence-electron chi connectivity index (χ1n) is 6.00. The Labute approximate surface area is 115 Å². The van der Waals surface area contributed by atoms with Gasteiger partial charge in [0.15, 0.2) is 0 Å². The van der Waals surface area contributed by atoms with Gasteiger partial charge in [0, 0.05) is 36.1 Å². The van der Waals surface area contributed by atoms with Gasteiger partial charge in [0.1, 0.15) is 0 Å². The van der Waals surface area contributed by atoms with Gasteiger partial charge in [-0.05, 0) is 30.7 Å². The van der Waals surface area contributed by atoms with E-state index in [1.807, 2.05) is 6.07 Å². The number of pyridine rings is 1. The maximum Gasteiger partial charge on any atom is 0.272 e. The summed E-state index contributed by atoms with van der Waals surface area (Å²) in [6.45, 7) is 1.97. The summed E-state index contributed by atoms with van der Waals surface area (Å²) < 4.78 is 0. The van der Waals surface area contributed by atoms with E-state index in [1.54, 1.807) is 25.4 Å². The van der Waals surface area contributed by atoms with Gasteiger partial charge < -0.3 is 5.32 Å². The molecule has 0 bridgehead atoms. The van der Waals surface area contributed by atoms with Crippen LogP contribution >= 0.6 is 0 Å². The number of rotatable bonds is 4. The van der Waals surface area contributed by atoms with E-state index >= 15 is 0 Å². The van der Waals surface area contributed by atoms with Crippen LogP contribution in [-0.4, -0.2) is 15.8 Å². The molecule has 0 aliphatic carbocycles. The first kappa shape index (κ1) is 13.7. The molecule has 6 nitrogen and oxygen atoms in total. The molecule has 1 heterocycles. The molecule has 0 atom stereocenters. The number of carbonyl (C=O) groups is 1. The lowest BCUT2D eigenvalue weighted by Gasteiger charge is -2.06. The standard InChI is InChI=1S/C14H13N3O3/c1-10-7-12(4-5-13(10)17(19)20)14(18)16-9-11-3-2-6-15-8-11/h2-8H,9H2,1H3,(H,16,18). The fraction of sp³-hybridized carbons (Fsp3) is 0.143. The Hall–Kier alpha value is -2.76. The van der Waals surface area contributed by atoms with Crippen molar-refractivity contribution in [3.63, 3.8) is 0 Å². The second-order valence-corrected chi connectivity index (χ2v) is 4.30. The predicted molar refractivity (Wildman–Crippen MR) is 73.2 cm³/mol. The maximum absolute atomic E-state index is 11.9. The van der Waals surface area contributed by atoms with E-state index in [0.29, 0.717) is 17.7 Å². The van der Waals surface area contributed by atoms with Crippen LogP contribution in [-0.2, 0) is 6.54 Å². The number of hydrogen-bond acceptors (Lipinski definition) is 4. The Kier molecular flexibility index (Phi) is 4.05. The van der Waals surface area contributed by atoms with Gasteiger partial charge in [0.05, 0.1) is 4.92 Å². The SMILES string of the molecule is Cc1cc(C(=O)NCc2cccnc2)ccc1[N+](=O)[O-]. The zero-order valence-electron chi connectivity index (χ0n) is 10.9. The normalized spacial score (nSPS) is 10.1.